The van der Waals surface area contributed by atoms with E-state index in [1.165, 1.54) is 0 Å². The minimum absolute atomic E-state index is 0.0866. The lowest BCUT2D eigenvalue weighted by atomic mass is 9.79. The van der Waals surface area contributed by atoms with Crippen molar-refractivity contribution < 1.29 is 9.90 Å². The number of rotatable bonds is 4. The first-order valence-electron chi connectivity index (χ1n) is 6.74. The number of nitrogens with one attached hydrogen (secondary N) is 1. The third-order valence-corrected chi connectivity index (χ3v) is 4.11. The summed E-state index contributed by atoms with van der Waals surface area (Å²) >= 11 is 6.16. The Bertz CT molecular complexity index is 545. The molecular weight excluding hydrogens is 276 g/mol. The van der Waals surface area contributed by atoms with Crippen LogP contribution in [0.15, 0.2) is 18.2 Å². The molecule has 0 aromatic heterocycles. The van der Waals surface area contributed by atoms with Crippen LogP contribution in [0.4, 0.5) is 5.69 Å². The predicted molar refractivity (Wildman–Crippen MR) is 77.9 cm³/mol. The number of hydrogen-bond donors (Lipinski definition) is 2. The van der Waals surface area contributed by atoms with E-state index in [2.05, 4.69) is 5.32 Å². The number of anilines is 1. The molecule has 1 saturated carbocycles. The zero-order valence-electron chi connectivity index (χ0n) is 11.2. The van der Waals surface area contributed by atoms with E-state index >= 15 is 0 Å². The van der Waals surface area contributed by atoms with Crippen molar-refractivity contribution in [2.75, 3.05) is 5.32 Å². The highest BCUT2D eigenvalue weighted by atomic mass is 35.5. The van der Waals surface area contributed by atoms with E-state index in [1.807, 2.05) is 6.07 Å². The van der Waals surface area contributed by atoms with Gasteiger partial charge in [-0.3, -0.25) is 4.79 Å². The topological polar surface area (TPSA) is 73.1 Å². The lowest BCUT2D eigenvalue weighted by Gasteiger charge is -2.38. The van der Waals surface area contributed by atoms with E-state index < -0.39 is 11.5 Å². The van der Waals surface area contributed by atoms with Crippen LogP contribution in [0, 0.1) is 11.3 Å². The van der Waals surface area contributed by atoms with Crippen molar-refractivity contribution in [1.82, 2.24) is 0 Å². The fourth-order valence-corrected chi connectivity index (χ4v) is 3.06. The van der Waals surface area contributed by atoms with Crippen LogP contribution in [0.1, 0.15) is 44.1 Å². The van der Waals surface area contributed by atoms with Crippen LogP contribution < -0.4 is 5.32 Å². The van der Waals surface area contributed by atoms with Gasteiger partial charge in [-0.05, 0) is 31.0 Å². The number of hydrogen-bond acceptors (Lipinski definition) is 3. The third-order valence-electron chi connectivity index (χ3n) is 3.80. The first-order chi connectivity index (χ1) is 9.54. The average Bonchev–Trinajstić information content (AvgIpc) is 2.41. The summed E-state index contributed by atoms with van der Waals surface area (Å²) in [6.45, 7) is 0. The molecule has 1 aromatic rings. The SMILES string of the molecule is N#Cc1ccc(NC2(CC(=O)O)CCCCC2)c(Cl)c1. The van der Waals surface area contributed by atoms with Crippen LogP contribution in [-0.4, -0.2) is 16.6 Å². The van der Waals surface area contributed by atoms with Crippen molar-refractivity contribution in [3.05, 3.63) is 28.8 Å². The van der Waals surface area contributed by atoms with Gasteiger partial charge in [-0.15, -0.1) is 0 Å². The smallest absolute Gasteiger partial charge is 0.305 e. The normalized spacial score (nSPS) is 17.2. The van der Waals surface area contributed by atoms with E-state index in [1.54, 1.807) is 18.2 Å². The van der Waals surface area contributed by atoms with Crippen LogP contribution in [0.3, 0.4) is 0 Å². The molecule has 1 aliphatic rings. The first-order valence-corrected chi connectivity index (χ1v) is 7.12. The number of carboxylic acids is 1. The number of halogens is 1. The molecule has 0 spiro atoms. The maximum atomic E-state index is 11.1. The largest absolute Gasteiger partial charge is 0.481 e. The minimum atomic E-state index is -0.802. The molecule has 0 radical (unpaired) electrons. The van der Waals surface area contributed by atoms with Crippen LogP contribution in [-0.2, 0) is 4.79 Å². The quantitative estimate of drug-likeness (QED) is 0.885. The van der Waals surface area contributed by atoms with Crippen molar-refractivity contribution in [3.63, 3.8) is 0 Å². The van der Waals surface area contributed by atoms with Crippen LogP contribution >= 0.6 is 11.6 Å². The van der Waals surface area contributed by atoms with Crippen molar-refractivity contribution in [1.29, 1.82) is 5.26 Å². The molecule has 20 heavy (non-hydrogen) atoms. The number of carboxylic acid groups (broad SMARTS) is 1. The lowest BCUT2D eigenvalue weighted by Crippen LogP contribution is -2.42. The van der Waals surface area contributed by atoms with Gasteiger partial charge in [0, 0.05) is 5.54 Å². The molecule has 1 aromatic carbocycles. The molecule has 2 N–H and O–H groups in total. The second-order valence-corrected chi connectivity index (χ2v) is 5.75. The van der Waals surface area contributed by atoms with E-state index in [-0.39, 0.29) is 6.42 Å². The Balaban J connectivity index is 2.23. The van der Waals surface area contributed by atoms with Gasteiger partial charge in [0.1, 0.15) is 0 Å². The maximum absolute atomic E-state index is 11.1. The molecule has 0 amide bonds. The zero-order chi connectivity index (χ0) is 14.6. The highest BCUT2D eigenvalue weighted by Crippen LogP contribution is 2.36. The van der Waals surface area contributed by atoms with Gasteiger partial charge in [0.25, 0.3) is 0 Å². The fourth-order valence-electron chi connectivity index (χ4n) is 2.84. The van der Waals surface area contributed by atoms with Gasteiger partial charge >= 0.3 is 5.97 Å². The molecular formula is C15H17ClN2O2. The number of benzene rings is 1. The first kappa shape index (κ1) is 14.7. The van der Waals surface area contributed by atoms with Crippen LogP contribution in [0.2, 0.25) is 5.02 Å². The van der Waals surface area contributed by atoms with Crippen molar-refractivity contribution in [2.45, 2.75) is 44.1 Å². The number of nitrogens with zero attached hydrogens (tertiary/aromatic N) is 1. The Morgan fingerprint density at radius 3 is 2.65 bits per heavy atom. The van der Waals surface area contributed by atoms with Crippen LogP contribution in [0.5, 0.6) is 0 Å². The Morgan fingerprint density at radius 1 is 1.40 bits per heavy atom. The van der Waals surface area contributed by atoms with Gasteiger partial charge < -0.3 is 10.4 Å². The molecule has 0 unspecified atom stereocenters. The molecule has 1 fully saturated rings. The minimum Gasteiger partial charge on any atom is -0.481 e. The van der Waals surface area contributed by atoms with Gasteiger partial charge in [-0.1, -0.05) is 30.9 Å². The highest BCUT2D eigenvalue weighted by Gasteiger charge is 2.34. The number of nitriles is 1. The standard InChI is InChI=1S/C15H17ClN2O2/c16-12-8-11(10-17)4-5-13(12)18-15(9-14(19)20)6-2-1-3-7-15/h4-5,8,18H,1-3,6-7,9H2,(H,19,20). The average molecular weight is 293 g/mol. The second kappa shape index (κ2) is 6.15. The fraction of sp³-hybridized carbons (Fsp3) is 0.467. The summed E-state index contributed by atoms with van der Waals surface area (Å²) in [6.07, 6.45) is 4.93. The van der Waals surface area contributed by atoms with E-state index in [0.29, 0.717) is 16.3 Å². The third kappa shape index (κ3) is 3.43. The van der Waals surface area contributed by atoms with Gasteiger partial charge in [0.05, 0.1) is 28.8 Å². The Morgan fingerprint density at radius 2 is 2.10 bits per heavy atom. The molecule has 1 aliphatic carbocycles. The molecule has 0 heterocycles. The Kier molecular flexibility index (Phi) is 4.51. The molecule has 2 rings (SSSR count). The van der Waals surface area contributed by atoms with E-state index in [4.69, 9.17) is 22.0 Å². The molecule has 5 heteroatoms. The zero-order valence-corrected chi connectivity index (χ0v) is 11.9. The summed E-state index contributed by atoms with van der Waals surface area (Å²) in [7, 11) is 0. The molecule has 0 atom stereocenters. The molecule has 4 nitrogen and oxygen atoms in total. The van der Waals surface area contributed by atoms with Crippen molar-refractivity contribution in [2.24, 2.45) is 0 Å². The van der Waals surface area contributed by atoms with Gasteiger partial charge in [-0.25, -0.2) is 0 Å². The molecule has 106 valence electrons. The number of aliphatic carboxylic acids is 1. The molecule has 0 saturated heterocycles. The van der Waals surface area contributed by atoms with Crippen LogP contribution in [0.25, 0.3) is 0 Å². The lowest BCUT2D eigenvalue weighted by molar-refractivity contribution is -0.138. The Labute approximate surface area is 123 Å². The number of carbonyl (C=O) groups is 1. The van der Waals surface area contributed by atoms with Gasteiger partial charge in [0.15, 0.2) is 0 Å². The van der Waals surface area contributed by atoms with Gasteiger partial charge in [-0.2, -0.15) is 5.26 Å². The summed E-state index contributed by atoms with van der Waals surface area (Å²) in [5.74, 6) is -0.802. The summed E-state index contributed by atoms with van der Waals surface area (Å²) in [5.41, 5.74) is 0.771. The Hall–Kier alpha value is -1.73. The van der Waals surface area contributed by atoms with Crippen molar-refractivity contribution >= 4 is 23.3 Å². The van der Waals surface area contributed by atoms with E-state index in [9.17, 15) is 4.79 Å². The molecule has 0 bridgehead atoms. The van der Waals surface area contributed by atoms with E-state index in [0.717, 1.165) is 32.1 Å². The van der Waals surface area contributed by atoms with Gasteiger partial charge in [0.2, 0.25) is 0 Å². The van der Waals surface area contributed by atoms with Crippen molar-refractivity contribution in [3.8, 4) is 6.07 Å². The maximum Gasteiger partial charge on any atom is 0.305 e. The summed E-state index contributed by atoms with van der Waals surface area (Å²) in [6, 6.07) is 7.07. The summed E-state index contributed by atoms with van der Waals surface area (Å²) in [4.78, 5) is 11.1. The highest BCUT2D eigenvalue weighted by molar-refractivity contribution is 6.33. The summed E-state index contributed by atoms with van der Waals surface area (Å²) in [5, 5.41) is 21.8. The second-order valence-electron chi connectivity index (χ2n) is 5.34. The molecule has 0 aliphatic heterocycles. The summed E-state index contributed by atoms with van der Waals surface area (Å²) < 4.78 is 0. The predicted octanol–water partition coefficient (Wildman–Crippen LogP) is 3.80. The monoisotopic (exact) mass is 292 g/mol.